The lowest BCUT2D eigenvalue weighted by Crippen LogP contribution is -2.49. The zero-order valence-corrected chi connectivity index (χ0v) is 11.5. The molecule has 98 valence electrons. The van der Waals surface area contributed by atoms with Gasteiger partial charge in [-0.3, -0.25) is 4.79 Å². The minimum Gasteiger partial charge on any atom is -0.480 e. The Hall–Kier alpha value is -1.30. The minimum absolute atomic E-state index is 0.169. The smallest absolute Gasteiger partial charge is 0.326 e. The van der Waals surface area contributed by atoms with Gasteiger partial charge in [0.25, 0.3) is 5.91 Å². The summed E-state index contributed by atoms with van der Waals surface area (Å²) in [7, 11) is 0. The van der Waals surface area contributed by atoms with Crippen LogP contribution in [0.15, 0.2) is 21.2 Å². The molecule has 0 saturated carbocycles. The lowest BCUT2D eigenvalue weighted by atomic mass is 9.92. The molecule has 1 aliphatic rings. The summed E-state index contributed by atoms with van der Waals surface area (Å²) >= 11 is 3.12. The van der Waals surface area contributed by atoms with Crippen molar-refractivity contribution in [3.8, 4) is 0 Å². The first kappa shape index (κ1) is 13.1. The van der Waals surface area contributed by atoms with Crippen LogP contribution in [-0.4, -0.2) is 34.5 Å². The van der Waals surface area contributed by atoms with Crippen LogP contribution < -0.4 is 0 Å². The number of likely N-dealkylation sites (tertiary alicyclic amines) is 1. The summed E-state index contributed by atoms with van der Waals surface area (Å²) in [4.78, 5) is 24.8. The first-order valence-electron chi connectivity index (χ1n) is 5.78. The highest BCUT2D eigenvalue weighted by Gasteiger charge is 2.36. The molecule has 0 radical (unpaired) electrons. The number of carboxylic acids is 1. The fourth-order valence-corrected chi connectivity index (χ4v) is 2.50. The number of halogens is 1. The van der Waals surface area contributed by atoms with E-state index in [1.165, 1.54) is 4.90 Å². The number of nitrogens with zero attached hydrogens (tertiary/aromatic N) is 1. The Kier molecular flexibility index (Phi) is 3.75. The Morgan fingerprint density at radius 3 is 2.78 bits per heavy atom. The van der Waals surface area contributed by atoms with Crippen molar-refractivity contribution in [2.75, 3.05) is 6.54 Å². The molecule has 0 aliphatic carbocycles. The lowest BCUT2D eigenvalue weighted by molar-refractivity contribution is -0.144. The van der Waals surface area contributed by atoms with E-state index in [1.54, 1.807) is 12.1 Å². The average Bonchev–Trinajstić information content (AvgIpc) is 2.75. The SMILES string of the molecule is CC1CCN(C(=O)c2ccc(Br)o2)C(C(=O)O)C1. The first-order chi connectivity index (χ1) is 8.49. The molecule has 1 saturated heterocycles. The maximum Gasteiger partial charge on any atom is 0.326 e. The predicted molar refractivity (Wildman–Crippen MR) is 67.3 cm³/mol. The number of carbonyl (C=O) groups is 2. The van der Waals surface area contributed by atoms with E-state index in [0.29, 0.717) is 23.6 Å². The molecule has 0 spiro atoms. The number of amides is 1. The van der Waals surface area contributed by atoms with E-state index in [9.17, 15) is 14.7 Å². The van der Waals surface area contributed by atoms with E-state index < -0.39 is 12.0 Å². The number of carbonyl (C=O) groups excluding carboxylic acids is 1. The lowest BCUT2D eigenvalue weighted by Gasteiger charge is -2.35. The highest BCUT2D eigenvalue weighted by molar-refractivity contribution is 9.10. The van der Waals surface area contributed by atoms with Gasteiger partial charge in [-0.05, 0) is 46.8 Å². The van der Waals surface area contributed by atoms with Gasteiger partial charge >= 0.3 is 5.97 Å². The Bertz CT molecular complexity index is 470. The molecule has 1 aromatic rings. The number of carboxylic acid groups (broad SMARTS) is 1. The van der Waals surface area contributed by atoms with Gasteiger partial charge < -0.3 is 14.4 Å². The largest absolute Gasteiger partial charge is 0.480 e. The average molecular weight is 316 g/mol. The molecule has 2 unspecified atom stereocenters. The van der Waals surface area contributed by atoms with Crippen molar-refractivity contribution in [3.05, 3.63) is 22.6 Å². The van der Waals surface area contributed by atoms with Gasteiger partial charge in [0, 0.05) is 6.54 Å². The van der Waals surface area contributed by atoms with Gasteiger partial charge in [-0.15, -0.1) is 0 Å². The van der Waals surface area contributed by atoms with Gasteiger partial charge in [0.05, 0.1) is 0 Å². The summed E-state index contributed by atoms with van der Waals surface area (Å²) in [6, 6.07) is 2.41. The summed E-state index contributed by atoms with van der Waals surface area (Å²) < 4.78 is 5.65. The Balaban J connectivity index is 2.20. The highest BCUT2D eigenvalue weighted by Crippen LogP contribution is 2.25. The molecule has 1 amide bonds. The van der Waals surface area contributed by atoms with E-state index in [0.717, 1.165) is 6.42 Å². The first-order valence-corrected chi connectivity index (χ1v) is 6.57. The highest BCUT2D eigenvalue weighted by atomic mass is 79.9. The maximum absolute atomic E-state index is 12.2. The number of aliphatic carboxylic acids is 1. The third kappa shape index (κ3) is 2.58. The molecule has 1 N–H and O–H groups in total. The van der Waals surface area contributed by atoms with Crippen LogP contribution in [0.5, 0.6) is 0 Å². The quantitative estimate of drug-likeness (QED) is 0.909. The molecular formula is C12H14BrNO4. The number of furan rings is 1. The fourth-order valence-electron chi connectivity index (χ4n) is 2.19. The summed E-state index contributed by atoms with van der Waals surface area (Å²) in [6.07, 6.45) is 1.31. The molecule has 5 nitrogen and oxygen atoms in total. The van der Waals surface area contributed by atoms with Crippen LogP contribution in [0.3, 0.4) is 0 Å². The van der Waals surface area contributed by atoms with E-state index in [4.69, 9.17) is 4.42 Å². The molecule has 18 heavy (non-hydrogen) atoms. The molecule has 0 aromatic carbocycles. The van der Waals surface area contributed by atoms with Crippen LogP contribution >= 0.6 is 15.9 Å². The van der Waals surface area contributed by atoms with Crippen LogP contribution in [0.4, 0.5) is 0 Å². The topological polar surface area (TPSA) is 70.8 Å². The zero-order chi connectivity index (χ0) is 13.3. The van der Waals surface area contributed by atoms with Crippen molar-refractivity contribution in [2.24, 2.45) is 5.92 Å². The number of rotatable bonds is 2. The molecule has 1 aromatic heterocycles. The van der Waals surface area contributed by atoms with Crippen molar-refractivity contribution in [2.45, 2.75) is 25.8 Å². The Morgan fingerprint density at radius 2 is 2.22 bits per heavy atom. The van der Waals surface area contributed by atoms with E-state index >= 15 is 0 Å². The molecule has 6 heteroatoms. The van der Waals surface area contributed by atoms with Crippen LogP contribution in [0.1, 0.15) is 30.3 Å². The second-order valence-corrected chi connectivity index (χ2v) is 5.37. The van der Waals surface area contributed by atoms with E-state index in [-0.39, 0.29) is 11.7 Å². The van der Waals surface area contributed by atoms with Crippen molar-refractivity contribution >= 4 is 27.8 Å². The van der Waals surface area contributed by atoms with Crippen molar-refractivity contribution < 1.29 is 19.1 Å². The van der Waals surface area contributed by atoms with Gasteiger partial charge in [0.1, 0.15) is 6.04 Å². The predicted octanol–water partition coefficient (Wildman–Crippen LogP) is 2.37. The van der Waals surface area contributed by atoms with E-state index in [1.807, 2.05) is 6.92 Å². The second-order valence-electron chi connectivity index (χ2n) is 4.59. The van der Waals surface area contributed by atoms with Gasteiger partial charge in [-0.1, -0.05) is 6.92 Å². The summed E-state index contributed by atoms with van der Waals surface area (Å²) in [5, 5.41) is 9.19. The number of piperidine rings is 1. The van der Waals surface area contributed by atoms with Crippen LogP contribution in [0.25, 0.3) is 0 Å². The van der Waals surface area contributed by atoms with E-state index in [2.05, 4.69) is 15.9 Å². The van der Waals surface area contributed by atoms with Crippen LogP contribution in [0.2, 0.25) is 0 Å². The molecule has 2 rings (SSSR count). The van der Waals surface area contributed by atoms with Crippen molar-refractivity contribution in [1.29, 1.82) is 0 Å². The fraction of sp³-hybridized carbons (Fsp3) is 0.500. The summed E-state index contributed by atoms with van der Waals surface area (Å²) in [5.74, 6) is -0.832. The van der Waals surface area contributed by atoms with Crippen molar-refractivity contribution in [3.63, 3.8) is 0 Å². The molecule has 2 heterocycles. The minimum atomic E-state index is -0.958. The van der Waals surface area contributed by atoms with Gasteiger partial charge in [-0.25, -0.2) is 4.79 Å². The van der Waals surface area contributed by atoms with Gasteiger partial charge in [0.15, 0.2) is 10.4 Å². The standard InChI is InChI=1S/C12H14BrNO4/c1-7-4-5-14(8(6-7)12(16)17)11(15)9-2-3-10(13)18-9/h2-3,7-8H,4-6H2,1H3,(H,16,17). The second kappa shape index (κ2) is 5.14. The molecule has 2 atom stereocenters. The van der Waals surface area contributed by atoms with Gasteiger partial charge in [0.2, 0.25) is 0 Å². The number of hydrogen-bond acceptors (Lipinski definition) is 3. The molecule has 1 fully saturated rings. The van der Waals surface area contributed by atoms with Crippen LogP contribution in [0, 0.1) is 5.92 Å². The molecule has 0 bridgehead atoms. The monoisotopic (exact) mass is 315 g/mol. The van der Waals surface area contributed by atoms with Gasteiger partial charge in [-0.2, -0.15) is 0 Å². The van der Waals surface area contributed by atoms with Crippen molar-refractivity contribution in [1.82, 2.24) is 4.90 Å². The summed E-state index contributed by atoms with van der Waals surface area (Å²) in [6.45, 7) is 2.45. The Labute approximate surface area is 113 Å². The molecule has 1 aliphatic heterocycles. The number of hydrogen-bond donors (Lipinski definition) is 1. The normalized spacial score (nSPS) is 24.0. The molecular weight excluding hydrogens is 302 g/mol. The Morgan fingerprint density at radius 1 is 1.50 bits per heavy atom. The maximum atomic E-state index is 12.2. The summed E-state index contributed by atoms with van der Waals surface area (Å²) in [5.41, 5.74) is 0. The third-order valence-corrected chi connectivity index (χ3v) is 3.62. The van der Waals surface area contributed by atoms with Crippen LogP contribution in [-0.2, 0) is 4.79 Å². The third-order valence-electron chi connectivity index (χ3n) is 3.19. The zero-order valence-electron chi connectivity index (χ0n) is 9.93.